The molecule has 6 nitrogen and oxygen atoms in total. The van der Waals surface area contributed by atoms with E-state index in [1.165, 1.54) is 0 Å². The van der Waals surface area contributed by atoms with Crippen LogP contribution >= 0.6 is 37.9 Å². The Balaban J connectivity index is -0.0000000865. The van der Waals surface area contributed by atoms with E-state index in [9.17, 15) is 14.4 Å². The summed E-state index contributed by atoms with van der Waals surface area (Å²) < 4.78 is 0. The topological polar surface area (TPSA) is 112 Å². The van der Waals surface area contributed by atoms with Crippen LogP contribution in [0.15, 0.2) is 0 Å². The maximum absolute atomic E-state index is 9.55. The van der Waals surface area contributed by atoms with Crippen LogP contribution in [-0.2, 0) is 33.9 Å². The van der Waals surface area contributed by atoms with E-state index in [2.05, 4.69) is 37.9 Å². The molecule has 19 heavy (non-hydrogen) atoms. The van der Waals surface area contributed by atoms with Crippen molar-refractivity contribution in [1.29, 1.82) is 0 Å². The molecule has 0 saturated heterocycles. The summed E-state index contributed by atoms with van der Waals surface area (Å²) in [5, 5.41) is 23.6. The van der Waals surface area contributed by atoms with Crippen molar-refractivity contribution >= 4 is 55.8 Å². The van der Waals surface area contributed by atoms with E-state index in [1.807, 2.05) is 0 Å². The monoisotopic (exact) mass is 382 g/mol. The Labute approximate surface area is 141 Å². The van der Waals surface area contributed by atoms with Crippen LogP contribution in [0.3, 0.4) is 0 Å². The van der Waals surface area contributed by atoms with Gasteiger partial charge in [0.2, 0.25) is 0 Å². The van der Waals surface area contributed by atoms with Crippen LogP contribution in [0.2, 0.25) is 0 Å². The molecular formula is C9H18O6S3Zn. The predicted molar refractivity (Wildman–Crippen MR) is 78.3 cm³/mol. The van der Waals surface area contributed by atoms with Gasteiger partial charge in [0.15, 0.2) is 0 Å². The second-order valence-corrected chi connectivity index (χ2v) is 3.94. The van der Waals surface area contributed by atoms with Crippen LogP contribution < -0.4 is 0 Å². The van der Waals surface area contributed by atoms with Gasteiger partial charge < -0.3 is 15.3 Å². The van der Waals surface area contributed by atoms with Crippen LogP contribution in [0.25, 0.3) is 0 Å². The number of rotatable bonds is 6. The third-order valence-corrected chi connectivity index (χ3v) is 1.65. The molecule has 0 bridgehead atoms. The van der Waals surface area contributed by atoms with Gasteiger partial charge in [-0.25, -0.2) is 0 Å². The first-order valence-electron chi connectivity index (χ1n) is 4.79. The molecule has 0 unspecified atom stereocenters. The summed E-state index contributed by atoms with van der Waals surface area (Å²) in [5.41, 5.74) is 0. The maximum Gasteiger partial charge on any atom is 0.304 e. The molecule has 0 fully saturated rings. The van der Waals surface area contributed by atoms with Crippen LogP contribution in [0, 0.1) is 0 Å². The minimum absolute atomic E-state index is 0. The minimum atomic E-state index is -0.787. The molecule has 0 amide bonds. The van der Waals surface area contributed by atoms with Crippen LogP contribution in [0.1, 0.15) is 19.3 Å². The largest absolute Gasteiger partial charge is 0.481 e. The predicted octanol–water partition coefficient (Wildman–Crippen LogP) is 1.17. The zero-order valence-corrected chi connectivity index (χ0v) is 16.0. The molecule has 0 aromatic carbocycles. The van der Waals surface area contributed by atoms with E-state index in [4.69, 9.17) is 15.3 Å². The Morgan fingerprint density at radius 2 is 0.789 bits per heavy atom. The number of carboxylic acids is 3. The second kappa shape index (κ2) is 23.2. The molecule has 0 radical (unpaired) electrons. The normalized spacial score (nSPS) is 7.74. The van der Waals surface area contributed by atoms with Crippen molar-refractivity contribution in [3.63, 3.8) is 0 Å². The SMILES string of the molecule is O=C(O)CCS.O=C(O)CCS.O=C(O)CCS.[Zn]. The first-order chi connectivity index (χ1) is 8.31. The summed E-state index contributed by atoms with van der Waals surface area (Å²) in [4.78, 5) is 28.7. The summed E-state index contributed by atoms with van der Waals surface area (Å²) in [6, 6.07) is 0. The van der Waals surface area contributed by atoms with E-state index in [-0.39, 0.29) is 38.7 Å². The van der Waals surface area contributed by atoms with Crippen LogP contribution in [0.4, 0.5) is 0 Å². The van der Waals surface area contributed by atoms with Gasteiger partial charge in [-0.2, -0.15) is 37.9 Å². The van der Waals surface area contributed by atoms with E-state index in [1.54, 1.807) is 0 Å². The Morgan fingerprint density at radius 3 is 0.789 bits per heavy atom. The Kier molecular flexibility index (Phi) is 33.5. The quantitative estimate of drug-likeness (QED) is 0.303. The molecule has 0 aliphatic rings. The number of hydrogen-bond acceptors (Lipinski definition) is 6. The molecule has 110 valence electrons. The van der Waals surface area contributed by atoms with Gasteiger partial charge in [0.1, 0.15) is 0 Å². The number of thiol groups is 3. The van der Waals surface area contributed by atoms with Crippen molar-refractivity contribution in [2.75, 3.05) is 17.3 Å². The molecule has 0 saturated carbocycles. The number of aliphatic carboxylic acids is 3. The van der Waals surface area contributed by atoms with Gasteiger partial charge in [0.05, 0.1) is 19.3 Å². The van der Waals surface area contributed by atoms with Crippen molar-refractivity contribution < 1.29 is 49.2 Å². The van der Waals surface area contributed by atoms with Gasteiger partial charge in [-0.15, -0.1) is 0 Å². The molecule has 0 aromatic rings. The summed E-state index contributed by atoms with van der Waals surface area (Å²) in [7, 11) is 0. The van der Waals surface area contributed by atoms with Crippen molar-refractivity contribution in [2.24, 2.45) is 0 Å². The average Bonchev–Trinajstić information content (AvgIpc) is 2.18. The average molecular weight is 384 g/mol. The molecule has 0 aliphatic heterocycles. The molecule has 10 heteroatoms. The van der Waals surface area contributed by atoms with Crippen molar-refractivity contribution in [3.8, 4) is 0 Å². The number of hydrogen-bond donors (Lipinski definition) is 6. The van der Waals surface area contributed by atoms with Crippen molar-refractivity contribution in [1.82, 2.24) is 0 Å². The van der Waals surface area contributed by atoms with Crippen LogP contribution in [0.5, 0.6) is 0 Å². The van der Waals surface area contributed by atoms with Gasteiger partial charge in [-0.05, 0) is 0 Å². The first kappa shape index (κ1) is 27.4. The Bertz CT molecular complexity index is 202. The molecule has 0 aliphatic carbocycles. The molecule has 0 heterocycles. The summed E-state index contributed by atoms with van der Waals surface area (Å²) in [5.74, 6) is -1.08. The van der Waals surface area contributed by atoms with Gasteiger partial charge in [0.25, 0.3) is 0 Å². The molecule has 0 atom stereocenters. The second-order valence-electron chi connectivity index (χ2n) is 2.60. The van der Waals surface area contributed by atoms with Gasteiger partial charge in [-0.1, -0.05) is 0 Å². The molecule has 0 spiro atoms. The fourth-order valence-corrected chi connectivity index (χ4v) is 0.861. The fourth-order valence-electron chi connectivity index (χ4n) is 0.287. The maximum atomic E-state index is 9.55. The van der Waals surface area contributed by atoms with E-state index in [0.717, 1.165) is 0 Å². The third kappa shape index (κ3) is 56.7. The summed E-state index contributed by atoms with van der Waals surface area (Å²) in [6.07, 6.45) is 0.468. The molecule has 0 aromatic heterocycles. The van der Waals surface area contributed by atoms with Crippen molar-refractivity contribution in [2.45, 2.75) is 19.3 Å². The zero-order valence-electron chi connectivity index (χ0n) is 10.4. The van der Waals surface area contributed by atoms with E-state index in [0.29, 0.717) is 17.3 Å². The standard InChI is InChI=1S/3C3H6O2S.Zn/c3*4-3(5)1-2-6;/h3*6H,1-2H2,(H,4,5);. The fraction of sp³-hybridized carbons (Fsp3) is 0.667. The summed E-state index contributed by atoms with van der Waals surface area (Å²) in [6.45, 7) is 0. The van der Waals surface area contributed by atoms with Crippen LogP contribution in [-0.4, -0.2) is 50.5 Å². The minimum Gasteiger partial charge on any atom is -0.481 e. The molecular weight excluding hydrogens is 366 g/mol. The van der Waals surface area contributed by atoms with Crippen molar-refractivity contribution in [3.05, 3.63) is 0 Å². The first-order valence-corrected chi connectivity index (χ1v) is 6.69. The van der Waals surface area contributed by atoms with E-state index >= 15 is 0 Å². The molecule has 3 N–H and O–H groups in total. The number of carbonyl (C=O) groups is 3. The number of carboxylic acid groups (broad SMARTS) is 3. The van der Waals surface area contributed by atoms with E-state index < -0.39 is 17.9 Å². The third-order valence-electron chi connectivity index (χ3n) is 0.977. The summed E-state index contributed by atoms with van der Waals surface area (Å²) >= 11 is 11.0. The van der Waals surface area contributed by atoms with Gasteiger partial charge in [0, 0.05) is 36.7 Å². The smallest absolute Gasteiger partial charge is 0.304 e. The zero-order chi connectivity index (χ0) is 15.0. The van der Waals surface area contributed by atoms with Gasteiger partial charge in [-0.3, -0.25) is 14.4 Å². The molecule has 0 rings (SSSR count). The van der Waals surface area contributed by atoms with Gasteiger partial charge >= 0.3 is 17.9 Å². The Hall–Kier alpha value is 0.0834. The Morgan fingerprint density at radius 1 is 0.632 bits per heavy atom.